The van der Waals surface area contributed by atoms with Gasteiger partial charge in [0, 0.05) is 23.6 Å². The number of hydrogen-bond donors (Lipinski definition) is 2. The molecule has 0 saturated carbocycles. The van der Waals surface area contributed by atoms with Gasteiger partial charge in [-0.1, -0.05) is 82.3 Å². The second-order valence-electron chi connectivity index (χ2n) is 10.8. The first-order valence-electron chi connectivity index (χ1n) is 13.7. The maximum absolute atomic E-state index is 13.6. The molecule has 4 atom stereocenters. The summed E-state index contributed by atoms with van der Waals surface area (Å²) in [5.74, 6) is -2.50. The first-order chi connectivity index (χ1) is 20.9. The molecular weight excluding hydrogens is 645 g/mol. The van der Waals surface area contributed by atoms with Gasteiger partial charge in [-0.2, -0.15) is 8.61 Å². The summed E-state index contributed by atoms with van der Waals surface area (Å²) in [5.41, 5.74) is 0. The smallest absolute Gasteiger partial charge is 0.322 e. The van der Waals surface area contributed by atoms with Gasteiger partial charge < -0.3 is 10.2 Å². The number of fused-ring (bicyclic) bond motifs is 2. The third kappa shape index (κ3) is 5.82. The number of sulfonamides is 2. The van der Waals surface area contributed by atoms with Crippen molar-refractivity contribution >= 4 is 75.1 Å². The molecule has 0 spiro atoms. The highest BCUT2D eigenvalue weighted by Gasteiger charge is 2.47. The number of carboxylic acids is 2. The van der Waals surface area contributed by atoms with Crippen LogP contribution in [-0.2, 0) is 29.6 Å². The number of rotatable bonds is 9. The molecule has 230 valence electrons. The first-order valence-corrected chi connectivity index (χ1v) is 18.9. The van der Waals surface area contributed by atoms with Crippen molar-refractivity contribution in [1.29, 1.82) is 0 Å². The van der Waals surface area contributed by atoms with Crippen LogP contribution in [0.4, 0.5) is 0 Å². The number of hydrogen-bond acceptors (Lipinski definition) is 8. The molecule has 2 aliphatic rings. The molecule has 6 rings (SSSR count). The molecule has 2 aliphatic heterocycles. The van der Waals surface area contributed by atoms with Gasteiger partial charge in [0.25, 0.3) is 0 Å². The maximum atomic E-state index is 13.6. The van der Waals surface area contributed by atoms with Crippen LogP contribution in [-0.4, -0.2) is 83.3 Å². The molecule has 14 heteroatoms. The molecule has 0 aliphatic carbocycles. The highest BCUT2D eigenvalue weighted by atomic mass is 33.1. The highest BCUT2D eigenvalue weighted by molar-refractivity contribution is 8.77. The molecule has 2 fully saturated rings. The van der Waals surface area contributed by atoms with Crippen molar-refractivity contribution in [3.8, 4) is 0 Å². The average Bonchev–Trinajstić information content (AvgIpc) is 3.66. The molecule has 0 bridgehead atoms. The van der Waals surface area contributed by atoms with E-state index in [1.165, 1.54) is 45.9 Å². The lowest BCUT2D eigenvalue weighted by atomic mass is 10.1. The van der Waals surface area contributed by atoms with Gasteiger partial charge in [-0.3, -0.25) is 9.59 Å². The summed E-state index contributed by atoms with van der Waals surface area (Å²) in [7, 11) is -5.70. The molecule has 2 heterocycles. The van der Waals surface area contributed by atoms with Gasteiger partial charge in [-0.05, 0) is 58.7 Å². The minimum absolute atomic E-state index is 0.00962. The third-order valence-corrected chi connectivity index (χ3v) is 15.0. The highest BCUT2D eigenvalue weighted by Crippen LogP contribution is 2.44. The zero-order valence-electron chi connectivity index (χ0n) is 23.1. The Morgan fingerprint density at radius 3 is 1.32 bits per heavy atom. The zero-order valence-corrected chi connectivity index (χ0v) is 26.4. The van der Waals surface area contributed by atoms with Gasteiger partial charge in [-0.15, -0.1) is 0 Å². The van der Waals surface area contributed by atoms with E-state index < -0.39 is 54.6 Å². The van der Waals surface area contributed by atoms with E-state index in [9.17, 15) is 36.6 Å². The second kappa shape index (κ2) is 12.0. The van der Waals surface area contributed by atoms with Crippen molar-refractivity contribution in [2.75, 3.05) is 13.1 Å². The molecule has 2 N–H and O–H groups in total. The van der Waals surface area contributed by atoms with Crippen LogP contribution in [0.3, 0.4) is 0 Å². The van der Waals surface area contributed by atoms with E-state index in [4.69, 9.17) is 0 Å². The number of benzene rings is 4. The summed E-state index contributed by atoms with van der Waals surface area (Å²) < 4.78 is 56.4. The van der Waals surface area contributed by atoms with E-state index in [-0.39, 0.29) is 35.7 Å². The largest absolute Gasteiger partial charge is 0.480 e. The Kier molecular flexibility index (Phi) is 8.41. The molecule has 0 amide bonds. The van der Waals surface area contributed by atoms with Crippen LogP contribution in [0.15, 0.2) is 94.7 Å². The Balaban J connectivity index is 1.17. The lowest BCUT2D eigenvalue weighted by Gasteiger charge is -2.21. The van der Waals surface area contributed by atoms with Gasteiger partial charge in [0.1, 0.15) is 12.1 Å². The predicted molar refractivity (Wildman–Crippen MR) is 171 cm³/mol. The standard InChI is InChI=1S/C30H28N2O8S4/c33-29(34)27-15-23(17-31(27)43(37,38)25-11-9-19-5-1-3-7-21(19)13-25)41-42-24-16-28(30(35)36)32(18-24)44(39,40)26-12-10-20-6-2-4-8-22(20)14-26/h1-14,23-24,27-28H,15-18H2,(H,33,34)(H,35,36)/t23-,24-,27-,28-/m0/s1. The Bertz CT molecular complexity index is 1840. The van der Waals surface area contributed by atoms with Crippen LogP contribution < -0.4 is 0 Å². The van der Waals surface area contributed by atoms with Gasteiger partial charge in [0.2, 0.25) is 20.0 Å². The predicted octanol–water partition coefficient (Wildman–Crippen LogP) is 4.51. The van der Waals surface area contributed by atoms with E-state index in [2.05, 4.69) is 0 Å². The van der Waals surface area contributed by atoms with Crippen LogP contribution in [0.1, 0.15) is 12.8 Å². The normalized spacial score (nSPS) is 23.4. The van der Waals surface area contributed by atoms with E-state index in [1.54, 1.807) is 36.4 Å². The quantitative estimate of drug-likeness (QED) is 0.243. The number of aliphatic carboxylic acids is 2. The van der Waals surface area contributed by atoms with Gasteiger partial charge >= 0.3 is 11.9 Å². The van der Waals surface area contributed by atoms with E-state index in [0.29, 0.717) is 0 Å². The molecule has 2 saturated heterocycles. The molecular formula is C30H28N2O8S4. The number of carbonyl (C=O) groups is 2. The van der Waals surface area contributed by atoms with Crippen LogP contribution in [0, 0.1) is 0 Å². The SMILES string of the molecule is O=C(O)[C@@H]1C[C@H](SS[C@H]2C[C@@H](C(=O)O)N(S(=O)(=O)c3ccc4ccccc4c3)C2)CN1S(=O)(=O)c1ccc2ccccc2c1. The summed E-state index contributed by atoms with van der Waals surface area (Å²) in [6, 6.07) is 21.5. The number of nitrogens with zero attached hydrogens (tertiary/aromatic N) is 2. The minimum Gasteiger partial charge on any atom is -0.480 e. The Morgan fingerprint density at radius 1 is 0.591 bits per heavy atom. The van der Waals surface area contributed by atoms with Crippen LogP contribution >= 0.6 is 21.6 Å². The van der Waals surface area contributed by atoms with Crippen LogP contribution in [0.2, 0.25) is 0 Å². The zero-order chi connectivity index (χ0) is 31.2. The summed E-state index contributed by atoms with van der Waals surface area (Å²) in [5, 5.41) is 22.2. The fourth-order valence-electron chi connectivity index (χ4n) is 5.74. The molecule has 4 aromatic carbocycles. The molecule has 0 unspecified atom stereocenters. The lowest BCUT2D eigenvalue weighted by Crippen LogP contribution is -2.40. The van der Waals surface area contributed by atoms with Crippen LogP contribution in [0.25, 0.3) is 21.5 Å². The second-order valence-corrected chi connectivity index (χ2v) is 17.4. The lowest BCUT2D eigenvalue weighted by molar-refractivity contribution is -0.141. The Morgan fingerprint density at radius 2 is 0.955 bits per heavy atom. The van der Waals surface area contributed by atoms with E-state index in [1.807, 2.05) is 24.3 Å². The molecule has 4 aromatic rings. The van der Waals surface area contributed by atoms with Crippen molar-refractivity contribution in [2.45, 2.75) is 45.2 Å². The summed E-state index contributed by atoms with van der Waals surface area (Å²) in [6.07, 6.45) is 0.127. The van der Waals surface area contributed by atoms with Gasteiger partial charge in [0.15, 0.2) is 0 Å². The fraction of sp³-hybridized carbons (Fsp3) is 0.267. The van der Waals surface area contributed by atoms with Crippen molar-refractivity contribution in [3.63, 3.8) is 0 Å². The molecule has 0 aromatic heterocycles. The van der Waals surface area contributed by atoms with Gasteiger partial charge in [0.05, 0.1) is 9.79 Å². The summed E-state index contributed by atoms with van der Waals surface area (Å²) in [4.78, 5) is 24.3. The average molecular weight is 673 g/mol. The molecule has 44 heavy (non-hydrogen) atoms. The number of carboxylic acid groups (broad SMARTS) is 2. The van der Waals surface area contributed by atoms with Crippen LogP contribution in [0.5, 0.6) is 0 Å². The van der Waals surface area contributed by atoms with Crippen molar-refractivity contribution in [2.24, 2.45) is 0 Å². The van der Waals surface area contributed by atoms with Crippen molar-refractivity contribution in [3.05, 3.63) is 84.9 Å². The van der Waals surface area contributed by atoms with E-state index >= 15 is 0 Å². The first kappa shape index (κ1) is 30.9. The molecule has 0 radical (unpaired) electrons. The maximum Gasteiger partial charge on any atom is 0.322 e. The van der Waals surface area contributed by atoms with Crippen molar-refractivity contribution < 1.29 is 36.6 Å². The van der Waals surface area contributed by atoms with E-state index in [0.717, 1.165) is 30.2 Å². The fourth-order valence-corrected chi connectivity index (χ4v) is 12.3. The van der Waals surface area contributed by atoms with Gasteiger partial charge in [-0.25, -0.2) is 16.8 Å². The Hall–Kier alpha value is -3.14. The molecule has 10 nitrogen and oxygen atoms in total. The summed E-state index contributed by atoms with van der Waals surface area (Å²) >= 11 is 0. The summed E-state index contributed by atoms with van der Waals surface area (Å²) in [6.45, 7) is -0.0874. The minimum atomic E-state index is -4.12. The topological polar surface area (TPSA) is 149 Å². The monoisotopic (exact) mass is 672 g/mol. The van der Waals surface area contributed by atoms with Crippen molar-refractivity contribution in [1.82, 2.24) is 8.61 Å². The third-order valence-electron chi connectivity index (χ3n) is 7.99. The Labute approximate surface area is 262 Å².